The van der Waals surface area contributed by atoms with Gasteiger partial charge in [0, 0.05) is 13.1 Å². The molecule has 0 saturated carbocycles. The maximum atomic E-state index is 11.9. The van der Waals surface area contributed by atoms with E-state index in [2.05, 4.69) is 9.88 Å². The minimum Gasteiger partial charge on any atom is -0.469 e. The van der Waals surface area contributed by atoms with Gasteiger partial charge in [-0.1, -0.05) is 17.7 Å². The van der Waals surface area contributed by atoms with Gasteiger partial charge in [0.25, 0.3) is 0 Å². The Kier molecular flexibility index (Phi) is 4.53. The number of esters is 1. The van der Waals surface area contributed by atoms with Crippen molar-refractivity contribution in [2.45, 2.75) is 26.7 Å². The molecule has 0 amide bonds. The molecule has 20 heavy (non-hydrogen) atoms. The van der Waals surface area contributed by atoms with Crippen molar-refractivity contribution >= 4 is 23.4 Å². The molecule has 0 spiro atoms. The summed E-state index contributed by atoms with van der Waals surface area (Å²) in [5.41, 5.74) is -0.428. The molecule has 2 rings (SSSR count). The topological polar surface area (TPSA) is 42.4 Å². The highest BCUT2D eigenvalue weighted by molar-refractivity contribution is 6.29. The Balaban J connectivity index is 2.01. The van der Waals surface area contributed by atoms with Crippen LogP contribution in [-0.4, -0.2) is 31.2 Å². The van der Waals surface area contributed by atoms with Gasteiger partial charge in [-0.25, -0.2) is 4.98 Å². The normalized spacial score (nSPS) is 17.1. The zero-order valence-electron chi connectivity index (χ0n) is 12.2. The Labute approximate surface area is 125 Å². The summed E-state index contributed by atoms with van der Waals surface area (Å²) in [6, 6.07) is 5.66. The van der Waals surface area contributed by atoms with Crippen LogP contribution < -0.4 is 4.90 Å². The number of ether oxygens (including phenoxy) is 1. The van der Waals surface area contributed by atoms with Crippen molar-refractivity contribution in [3.05, 3.63) is 23.4 Å². The molecule has 2 heterocycles. The fourth-order valence-electron chi connectivity index (χ4n) is 2.83. The predicted molar refractivity (Wildman–Crippen MR) is 80.0 cm³/mol. The second kappa shape index (κ2) is 6.00. The number of nitrogens with zero attached hydrogens (tertiary/aromatic N) is 2. The summed E-state index contributed by atoms with van der Waals surface area (Å²) in [5.74, 6) is 1.12. The van der Waals surface area contributed by atoms with E-state index < -0.39 is 5.41 Å². The number of pyridine rings is 1. The van der Waals surface area contributed by atoms with E-state index in [9.17, 15) is 4.79 Å². The standard InChI is InChI=1S/C15H21ClN2O2/c1-15(2,14(19)20-3)11-7-9-18(10-8-11)13-6-4-5-12(16)17-13/h4-6,11H,7-10H2,1-3H3. The molecule has 0 radical (unpaired) electrons. The van der Waals surface area contributed by atoms with Crippen molar-refractivity contribution in [2.75, 3.05) is 25.1 Å². The van der Waals surface area contributed by atoms with Gasteiger partial charge in [-0.3, -0.25) is 4.79 Å². The second-order valence-electron chi connectivity index (χ2n) is 5.79. The highest BCUT2D eigenvalue weighted by atomic mass is 35.5. The number of aromatic nitrogens is 1. The Morgan fingerprint density at radius 2 is 2.05 bits per heavy atom. The van der Waals surface area contributed by atoms with Crippen LogP contribution in [0.15, 0.2) is 18.2 Å². The van der Waals surface area contributed by atoms with E-state index in [1.165, 1.54) is 7.11 Å². The fourth-order valence-corrected chi connectivity index (χ4v) is 2.99. The van der Waals surface area contributed by atoms with Crippen LogP contribution in [0.3, 0.4) is 0 Å². The van der Waals surface area contributed by atoms with Crippen LogP contribution in [0.25, 0.3) is 0 Å². The summed E-state index contributed by atoms with van der Waals surface area (Å²) in [4.78, 5) is 18.4. The highest BCUT2D eigenvalue weighted by Crippen LogP contribution is 2.36. The van der Waals surface area contributed by atoms with E-state index in [0.717, 1.165) is 31.7 Å². The summed E-state index contributed by atoms with van der Waals surface area (Å²) >= 11 is 5.93. The molecule has 1 aliphatic heterocycles. The van der Waals surface area contributed by atoms with Gasteiger partial charge in [0.1, 0.15) is 11.0 Å². The average Bonchev–Trinajstić information content (AvgIpc) is 2.46. The monoisotopic (exact) mass is 296 g/mol. The summed E-state index contributed by atoms with van der Waals surface area (Å²) in [7, 11) is 1.45. The third-order valence-corrected chi connectivity index (χ3v) is 4.46. The molecular weight excluding hydrogens is 276 g/mol. The first-order valence-electron chi connectivity index (χ1n) is 6.91. The molecule has 1 aromatic rings. The van der Waals surface area contributed by atoms with Gasteiger partial charge in [-0.05, 0) is 44.7 Å². The van der Waals surface area contributed by atoms with Crippen LogP contribution in [0.5, 0.6) is 0 Å². The smallest absolute Gasteiger partial charge is 0.311 e. The van der Waals surface area contributed by atoms with Crippen molar-refractivity contribution in [1.29, 1.82) is 0 Å². The molecule has 0 atom stereocenters. The summed E-state index contributed by atoms with van der Waals surface area (Å²) < 4.78 is 4.91. The van der Waals surface area contributed by atoms with Gasteiger partial charge in [-0.15, -0.1) is 0 Å². The van der Waals surface area contributed by atoms with Crippen molar-refractivity contribution < 1.29 is 9.53 Å². The molecule has 5 heteroatoms. The van der Waals surface area contributed by atoms with E-state index in [1.54, 1.807) is 6.07 Å². The molecule has 0 N–H and O–H groups in total. The minimum atomic E-state index is -0.428. The van der Waals surface area contributed by atoms with Crippen molar-refractivity contribution in [3.63, 3.8) is 0 Å². The van der Waals surface area contributed by atoms with Crippen LogP contribution in [0.1, 0.15) is 26.7 Å². The van der Waals surface area contributed by atoms with Crippen LogP contribution in [-0.2, 0) is 9.53 Å². The number of carbonyl (C=O) groups excluding carboxylic acids is 1. The lowest BCUT2D eigenvalue weighted by Crippen LogP contribution is -2.42. The van der Waals surface area contributed by atoms with Gasteiger partial charge in [0.2, 0.25) is 0 Å². The molecule has 110 valence electrons. The molecule has 0 unspecified atom stereocenters. The molecule has 1 aliphatic rings. The maximum Gasteiger partial charge on any atom is 0.311 e. The van der Waals surface area contributed by atoms with Crippen LogP contribution >= 0.6 is 11.6 Å². The van der Waals surface area contributed by atoms with Gasteiger partial charge in [0.15, 0.2) is 0 Å². The van der Waals surface area contributed by atoms with Crippen molar-refractivity contribution in [3.8, 4) is 0 Å². The fraction of sp³-hybridized carbons (Fsp3) is 0.600. The Morgan fingerprint density at radius 3 is 2.60 bits per heavy atom. The molecule has 4 nitrogen and oxygen atoms in total. The first-order valence-corrected chi connectivity index (χ1v) is 7.29. The summed E-state index contributed by atoms with van der Waals surface area (Å²) in [5, 5.41) is 0.513. The number of rotatable bonds is 3. The third-order valence-electron chi connectivity index (χ3n) is 4.25. The molecule has 0 aromatic carbocycles. The van der Waals surface area contributed by atoms with Gasteiger partial charge in [-0.2, -0.15) is 0 Å². The average molecular weight is 297 g/mol. The predicted octanol–water partition coefficient (Wildman–Crippen LogP) is 3.15. The van der Waals surface area contributed by atoms with Crippen molar-refractivity contribution in [1.82, 2.24) is 4.98 Å². The van der Waals surface area contributed by atoms with Gasteiger partial charge < -0.3 is 9.64 Å². The number of piperidine rings is 1. The van der Waals surface area contributed by atoms with Crippen molar-refractivity contribution in [2.24, 2.45) is 11.3 Å². The van der Waals surface area contributed by atoms with E-state index in [-0.39, 0.29) is 5.97 Å². The van der Waals surface area contributed by atoms with E-state index >= 15 is 0 Å². The summed E-state index contributed by atoms with van der Waals surface area (Å²) in [6.45, 7) is 5.71. The lowest BCUT2D eigenvalue weighted by molar-refractivity contribution is -0.154. The molecule has 0 aliphatic carbocycles. The Morgan fingerprint density at radius 1 is 1.40 bits per heavy atom. The largest absolute Gasteiger partial charge is 0.469 e. The lowest BCUT2D eigenvalue weighted by Gasteiger charge is -2.39. The maximum absolute atomic E-state index is 11.9. The third kappa shape index (κ3) is 3.06. The zero-order chi connectivity index (χ0) is 14.8. The number of anilines is 1. The minimum absolute atomic E-state index is 0.128. The van der Waals surface area contributed by atoms with Crippen LogP contribution in [0, 0.1) is 11.3 Å². The molecule has 0 bridgehead atoms. The molecule has 1 saturated heterocycles. The summed E-state index contributed by atoms with van der Waals surface area (Å²) in [6.07, 6.45) is 1.91. The quantitative estimate of drug-likeness (QED) is 0.635. The number of methoxy groups -OCH3 is 1. The Hall–Kier alpha value is -1.29. The highest BCUT2D eigenvalue weighted by Gasteiger charge is 2.39. The van der Waals surface area contributed by atoms with E-state index in [1.807, 2.05) is 26.0 Å². The number of carbonyl (C=O) groups is 1. The number of hydrogen-bond donors (Lipinski definition) is 0. The first-order chi connectivity index (χ1) is 9.45. The molecule has 1 fully saturated rings. The Bertz CT molecular complexity index is 483. The molecular formula is C15H21ClN2O2. The number of halogens is 1. The van der Waals surface area contributed by atoms with Crippen LogP contribution in [0.4, 0.5) is 5.82 Å². The van der Waals surface area contributed by atoms with Crippen LogP contribution in [0.2, 0.25) is 5.15 Å². The number of hydrogen-bond acceptors (Lipinski definition) is 4. The zero-order valence-corrected chi connectivity index (χ0v) is 13.0. The van der Waals surface area contributed by atoms with Gasteiger partial charge in [0.05, 0.1) is 12.5 Å². The van der Waals surface area contributed by atoms with E-state index in [0.29, 0.717) is 11.1 Å². The van der Waals surface area contributed by atoms with Gasteiger partial charge >= 0.3 is 5.97 Å². The van der Waals surface area contributed by atoms with E-state index in [4.69, 9.17) is 16.3 Å². The second-order valence-corrected chi connectivity index (χ2v) is 6.18. The first kappa shape index (κ1) is 15.1. The lowest BCUT2D eigenvalue weighted by atomic mass is 9.73. The SMILES string of the molecule is COC(=O)C(C)(C)C1CCN(c2cccc(Cl)n2)CC1. The molecule has 1 aromatic heterocycles.